The maximum atomic E-state index is 13.1. The van der Waals surface area contributed by atoms with Crippen molar-refractivity contribution in [1.29, 1.82) is 0 Å². The molecule has 3 rings (SSSR count). The SMILES string of the molecule is CCN(C(=O)C1CC(=O)N(c2cccc(Cl)c2Cl)C1)c1cccc(C)c1. The van der Waals surface area contributed by atoms with Crippen molar-refractivity contribution in [1.82, 2.24) is 0 Å². The van der Waals surface area contributed by atoms with Gasteiger partial charge in [-0.1, -0.05) is 41.4 Å². The molecule has 0 saturated carbocycles. The van der Waals surface area contributed by atoms with Crippen LogP contribution in [-0.4, -0.2) is 24.9 Å². The third-order valence-corrected chi connectivity index (χ3v) is 5.40. The average molecular weight is 391 g/mol. The third kappa shape index (κ3) is 3.57. The van der Waals surface area contributed by atoms with Crippen LogP contribution in [0.4, 0.5) is 11.4 Å². The van der Waals surface area contributed by atoms with Crippen molar-refractivity contribution < 1.29 is 9.59 Å². The van der Waals surface area contributed by atoms with Crippen LogP contribution < -0.4 is 9.80 Å². The molecule has 2 aromatic rings. The zero-order valence-corrected chi connectivity index (χ0v) is 16.2. The van der Waals surface area contributed by atoms with Crippen LogP contribution >= 0.6 is 23.2 Å². The molecule has 1 unspecified atom stereocenters. The number of carbonyl (C=O) groups is 2. The molecule has 0 bridgehead atoms. The van der Waals surface area contributed by atoms with E-state index in [1.165, 1.54) is 0 Å². The Morgan fingerprint density at radius 3 is 2.65 bits per heavy atom. The van der Waals surface area contributed by atoms with E-state index in [1.807, 2.05) is 38.1 Å². The van der Waals surface area contributed by atoms with E-state index in [0.29, 0.717) is 28.8 Å². The van der Waals surface area contributed by atoms with Gasteiger partial charge in [-0.2, -0.15) is 0 Å². The van der Waals surface area contributed by atoms with Gasteiger partial charge in [0.05, 0.1) is 21.7 Å². The summed E-state index contributed by atoms with van der Waals surface area (Å²) in [4.78, 5) is 28.8. The van der Waals surface area contributed by atoms with E-state index < -0.39 is 5.92 Å². The lowest BCUT2D eigenvalue weighted by Gasteiger charge is -2.25. The van der Waals surface area contributed by atoms with Gasteiger partial charge in [-0.25, -0.2) is 0 Å². The molecule has 1 fully saturated rings. The Bertz CT molecular complexity index is 853. The predicted octanol–water partition coefficient (Wildman–Crippen LogP) is 4.71. The highest BCUT2D eigenvalue weighted by molar-refractivity contribution is 6.44. The number of carbonyl (C=O) groups excluding carboxylic acids is 2. The van der Waals surface area contributed by atoms with E-state index >= 15 is 0 Å². The molecule has 2 amide bonds. The first kappa shape index (κ1) is 18.7. The fourth-order valence-electron chi connectivity index (χ4n) is 3.29. The highest BCUT2D eigenvalue weighted by Crippen LogP contribution is 2.36. The molecule has 0 N–H and O–H groups in total. The van der Waals surface area contributed by atoms with Gasteiger partial charge in [0.2, 0.25) is 11.8 Å². The van der Waals surface area contributed by atoms with E-state index in [0.717, 1.165) is 11.3 Å². The second kappa shape index (κ2) is 7.68. The summed E-state index contributed by atoms with van der Waals surface area (Å²) >= 11 is 12.3. The molecule has 0 radical (unpaired) electrons. The third-order valence-electron chi connectivity index (χ3n) is 4.59. The lowest BCUT2D eigenvalue weighted by molar-refractivity contribution is -0.124. The molecule has 0 aliphatic carbocycles. The number of amides is 2. The number of halogens is 2. The summed E-state index contributed by atoms with van der Waals surface area (Å²) in [5.41, 5.74) is 2.49. The van der Waals surface area contributed by atoms with Gasteiger partial charge in [-0.15, -0.1) is 0 Å². The monoisotopic (exact) mass is 390 g/mol. The number of nitrogens with zero attached hydrogens (tertiary/aromatic N) is 2. The second-order valence-corrected chi connectivity index (χ2v) is 7.18. The molecule has 0 spiro atoms. The van der Waals surface area contributed by atoms with Crippen molar-refractivity contribution in [2.45, 2.75) is 20.3 Å². The van der Waals surface area contributed by atoms with Crippen molar-refractivity contribution in [3.63, 3.8) is 0 Å². The molecule has 26 heavy (non-hydrogen) atoms. The van der Waals surface area contributed by atoms with Crippen LogP contribution in [0.15, 0.2) is 42.5 Å². The first-order valence-electron chi connectivity index (χ1n) is 8.54. The fourth-order valence-corrected chi connectivity index (χ4v) is 3.69. The number of benzene rings is 2. The average Bonchev–Trinajstić information content (AvgIpc) is 3.00. The molecule has 0 aromatic heterocycles. The molecule has 6 heteroatoms. The summed E-state index contributed by atoms with van der Waals surface area (Å²) in [6.07, 6.45) is 0.171. The van der Waals surface area contributed by atoms with Crippen molar-refractivity contribution >= 4 is 46.4 Å². The Hall–Kier alpha value is -2.04. The molecule has 1 aliphatic rings. The molecular formula is C20H20Cl2N2O2. The van der Waals surface area contributed by atoms with Crippen LogP contribution in [0.2, 0.25) is 10.0 Å². The Morgan fingerprint density at radius 2 is 1.96 bits per heavy atom. The van der Waals surface area contributed by atoms with E-state index in [9.17, 15) is 9.59 Å². The van der Waals surface area contributed by atoms with Gasteiger partial charge in [0.15, 0.2) is 0 Å². The number of hydrogen-bond donors (Lipinski definition) is 0. The summed E-state index contributed by atoms with van der Waals surface area (Å²) in [5, 5.41) is 0.725. The summed E-state index contributed by atoms with van der Waals surface area (Å²) in [6, 6.07) is 13.0. The first-order chi connectivity index (χ1) is 12.4. The minimum Gasteiger partial charge on any atom is -0.312 e. The molecule has 2 aromatic carbocycles. The topological polar surface area (TPSA) is 40.6 Å². The summed E-state index contributed by atoms with van der Waals surface area (Å²) < 4.78 is 0. The number of aryl methyl sites for hydroxylation is 1. The highest BCUT2D eigenvalue weighted by Gasteiger charge is 2.38. The van der Waals surface area contributed by atoms with Crippen LogP contribution in [0.3, 0.4) is 0 Å². The van der Waals surface area contributed by atoms with E-state index in [-0.39, 0.29) is 18.2 Å². The summed E-state index contributed by atoms with van der Waals surface area (Å²) in [7, 11) is 0. The van der Waals surface area contributed by atoms with Crippen LogP contribution in [-0.2, 0) is 9.59 Å². The number of rotatable bonds is 4. The lowest BCUT2D eigenvalue weighted by atomic mass is 10.1. The smallest absolute Gasteiger partial charge is 0.232 e. The van der Waals surface area contributed by atoms with Gasteiger partial charge in [-0.3, -0.25) is 9.59 Å². The Kier molecular flexibility index (Phi) is 5.54. The Balaban J connectivity index is 1.83. The van der Waals surface area contributed by atoms with E-state index in [2.05, 4.69) is 0 Å². The molecule has 4 nitrogen and oxygen atoms in total. The minimum atomic E-state index is -0.405. The Morgan fingerprint density at radius 1 is 1.23 bits per heavy atom. The molecule has 1 atom stereocenters. The lowest BCUT2D eigenvalue weighted by Crippen LogP contribution is -2.37. The number of hydrogen-bond acceptors (Lipinski definition) is 2. The zero-order valence-electron chi connectivity index (χ0n) is 14.7. The molecule has 136 valence electrons. The minimum absolute atomic E-state index is 0.0490. The van der Waals surface area contributed by atoms with Crippen molar-refractivity contribution in [3.8, 4) is 0 Å². The van der Waals surface area contributed by atoms with Crippen LogP contribution in [0.1, 0.15) is 18.9 Å². The fraction of sp³-hybridized carbons (Fsp3) is 0.300. The van der Waals surface area contributed by atoms with Crippen LogP contribution in [0.25, 0.3) is 0 Å². The van der Waals surface area contributed by atoms with Gasteiger partial charge in [0.1, 0.15) is 0 Å². The van der Waals surface area contributed by atoms with Crippen LogP contribution in [0, 0.1) is 12.8 Å². The predicted molar refractivity (Wildman–Crippen MR) is 106 cm³/mol. The number of anilines is 2. The summed E-state index contributed by atoms with van der Waals surface area (Å²) in [6.45, 7) is 4.78. The second-order valence-electron chi connectivity index (χ2n) is 6.40. The molecular weight excluding hydrogens is 371 g/mol. The van der Waals surface area contributed by atoms with Crippen molar-refractivity contribution in [3.05, 3.63) is 58.1 Å². The Labute approximate surface area is 163 Å². The van der Waals surface area contributed by atoms with Gasteiger partial charge in [0, 0.05) is 25.2 Å². The van der Waals surface area contributed by atoms with Gasteiger partial charge < -0.3 is 9.80 Å². The maximum absolute atomic E-state index is 13.1. The normalized spacial score (nSPS) is 16.8. The van der Waals surface area contributed by atoms with Crippen molar-refractivity contribution in [2.75, 3.05) is 22.9 Å². The highest BCUT2D eigenvalue weighted by atomic mass is 35.5. The van der Waals surface area contributed by atoms with Gasteiger partial charge >= 0.3 is 0 Å². The van der Waals surface area contributed by atoms with Crippen molar-refractivity contribution in [2.24, 2.45) is 5.92 Å². The van der Waals surface area contributed by atoms with E-state index in [1.54, 1.807) is 28.0 Å². The standard InChI is InChI=1S/C20H20Cl2N2O2/c1-3-23(15-7-4-6-13(2)10-15)20(26)14-11-18(25)24(12-14)17-9-5-8-16(21)19(17)22/h4-10,14H,3,11-12H2,1-2H3. The van der Waals surface area contributed by atoms with Crippen LogP contribution in [0.5, 0.6) is 0 Å². The molecule has 1 aliphatic heterocycles. The molecule has 1 heterocycles. The first-order valence-corrected chi connectivity index (χ1v) is 9.30. The maximum Gasteiger partial charge on any atom is 0.232 e. The summed E-state index contributed by atoms with van der Waals surface area (Å²) in [5.74, 6) is -0.571. The van der Waals surface area contributed by atoms with E-state index in [4.69, 9.17) is 23.2 Å². The van der Waals surface area contributed by atoms with Gasteiger partial charge in [-0.05, 0) is 43.7 Å². The zero-order chi connectivity index (χ0) is 18.8. The quantitative estimate of drug-likeness (QED) is 0.758. The molecule has 1 saturated heterocycles. The van der Waals surface area contributed by atoms with Gasteiger partial charge in [0.25, 0.3) is 0 Å². The largest absolute Gasteiger partial charge is 0.312 e.